The smallest absolute Gasteiger partial charge is 0.320 e. The van der Waals surface area contributed by atoms with Crippen LogP contribution in [0.5, 0.6) is 0 Å². The van der Waals surface area contributed by atoms with E-state index >= 15 is 0 Å². The van der Waals surface area contributed by atoms with E-state index in [0.29, 0.717) is 12.8 Å². The summed E-state index contributed by atoms with van der Waals surface area (Å²) in [6, 6.07) is 0. The molecule has 0 radical (unpaired) electrons. The minimum atomic E-state index is -1.00. The quantitative estimate of drug-likeness (QED) is 0.209. The molecule has 0 aliphatic carbocycles. The highest BCUT2D eigenvalue weighted by Gasteiger charge is 2.31. The van der Waals surface area contributed by atoms with Crippen LogP contribution in [0.1, 0.15) is 53.4 Å². The van der Waals surface area contributed by atoms with Crippen LogP contribution < -0.4 is 0 Å². The Kier molecular flexibility index (Phi) is 12.9. The zero-order chi connectivity index (χ0) is 19.9. The topological polar surface area (TPSA) is 105 Å². The summed E-state index contributed by atoms with van der Waals surface area (Å²) in [4.78, 5) is 47.6. The molecule has 0 aromatic carbocycles. The number of unbranched alkanes of at least 4 members (excludes halogenated alkanes) is 1. The third kappa shape index (κ3) is 8.82. The first-order chi connectivity index (χ1) is 12.4. The van der Waals surface area contributed by atoms with Gasteiger partial charge in [0.2, 0.25) is 0 Å². The van der Waals surface area contributed by atoms with Crippen LogP contribution in [0.25, 0.3) is 0 Å². The van der Waals surface area contributed by atoms with E-state index < -0.39 is 35.7 Å². The molecule has 0 aromatic rings. The van der Waals surface area contributed by atoms with E-state index in [1.807, 2.05) is 0 Å². The van der Waals surface area contributed by atoms with Crippen LogP contribution in [0.15, 0.2) is 0 Å². The standard InChI is InChI=1S/C18H30O8/c1-5-23-15(19)13(16(20)24-6-2)11-9-10-12-14(17(21)25-7-3)18(22)26-8-4/h13-14H,5-12H2,1-4H3. The fourth-order valence-corrected chi connectivity index (χ4v) is 2.33. The zero-order valence-electron chi connectivity index (χ0n) is 16.1. The molecule has 0 spiro atoms. The third-order valence-electron chi connectivity index (χ3n) is 3.52. The molecule has 0 N–H and O–H groups in total. The van der Waals surface area contributed by atoms with Crippen LogP contribution in [0, 0.1) is 11.8 Å². The summed E-state index contributed by atoms with van der Waals surface area (Å²) in [7, 11) is 0. The Labute approximate surface area is 154 Å². The first kappa shape index (κ1) is 23.9. The molecule has 0 heterocycles. The molecule has 0 saturated heterocycles. The highest BCUT2D eigenvalue weighted by Crippen LogP contribution is 2.18. The van der Waals surface area contributed by atoms with E-state index in [1.165, 1.54) is 0 Å². The maximum absolute atomic E-state index is 11.9. The number of esters is 4. The summed E-state index contributed by atoms with van der Waals surface area (Å²) in [5, 5.41) is 0. The molecule has 0 saturated carbocycles. The van der Waals surface area contributed by atoms with Crippen LogP contribution in [-0.4, -0.2) is 50.3 Å². The van der Waals surface area contributed by atoms with Gasteiger partial charge in [-0.1, -0.05) is 12.8 Å². The molecule has 26 heavy (non-hydrogen) atoms. The van der Waals surface area contributed by atoms with E-state index in [9.17, 15) is 19.2 Å². The number of carbonyl (C=O) groups is 4. The molecule has 0 aromatic heterocycles. The lowest BCUT2D eigenvalue weighted by atomic mass is 9.97. The molecule has 0 rings (SSSR count). The Morgan fingerprint density at radius 3 is 0.962 bits per heavy atom. The van der Waals surface area contributed by atoms with E-state index in [1.54, 1.807) is 27.7 Å². The van der Waals surface area contributed by atoms with E-state index in [-0.39, 0.29) is 39.3 Å². The number of hydrogen-bond acceptors (Lipinski definition) is 8. The van der Waals surface area contributed by atoms with Crippen molar-refractivity contribution in [2.75, 3.05) is 26.4 Å². The van der Waals surface area contributed by atoms with E-state index in [4.69, 9.17) is 18.9 Å². The Morgan fingerprint density at radius 2 is 0.769 bits per heavy atom. The fourth-order valence-electron chi connectivity index (χ4n) is 2.33. The first-order valence-corrected chi connectivity index (χ1v) is 9.09. The minimum Gasteiger partial charge on any atom is -0.465 e. The van der Waals surface area contributed by atoms with Gasteiger partial charge in [-0.15, -0.1) is 0 Å². The predicted molar refractivity (Wildman–Crippen MR) is 92.0 cm³/mol. The monoisotopic (exact) mass is 374 g/mol. The van der Waals surface area contributed by atoms with Gasteiger partial charge in [-0.3, -0.25) is 19.2 Å². The molecule has 8 heteroatoms. The van der Waals surface area contributed by atoms with Gasteiger partial charge in [-0.2, -0.15) is 0 Å². The van der Waals surface area contributed by atoms with Gasteiger partial charge in [0, 0.05) is 0 Å². The van der Waals surface area contributed by atoms with Crippen LogP contribution in [-0.2, 0) is 38.1 Å². The Balaban J connectivity index is 4.68. The van der Waals surface area contributed by atoms with Gasteiger partial charge in [-0.05, 0) is 40.5 Å². The molecular formula is C18H30O8. The van der Waals surface area contributed by atoms with Gasteiger partial charge in [0.1, 0.15) is 0 Å². The Morgan fingerprint density at radius 1 is 0.538 bits per heavy atom. The summed E-state index contributed by atoms with van der Waals surface area (Å²) in [5.41, 5.74) is 0. The number of hydrogen-bond donors (Lipinski definition) is 0. The molecular weight excluding hydrogens is 344 g/mol. The molecule has 0 fully saturated rings. The summed E-state index contributed by atoms with van der Waals surface area (Å²) < 4.78 is 19.6. The van der Waals surface area contributed by atoms with Gasteiger partial charge >= 0.3 is 23.9 Å². The van der Waals surface area contributed by atoms with Crippen LogP contribution in [0.4, 0.5) is 0 Å². The van der Waals surface area contributed by atoms with Crippen molar-refractivity contribution in [3.8, 4) is 0 Å². The minimum absolute atomic E-state index is 0.169. The SMILES string of the molecule is CCOC(=O)C(CCCCC(C(=O)OCC)C(=O)OCC)C(=O)OCC. The lowest BCUT2D eigenvalue weighted by Gasteiger charge is -2.16. The van der Waals surface area contributed by atoms with Gasteiger partial charge < -0.3 is 18.9 Å². The van der Waals surface area contributed by atoms with Gasteiger partial charge in [0.15, 0.2) is 11.8 Å². The maximum Gasteiger partial charge on any atom is 0.320 e. The first-order valence-electron chi connectivity index (χ1n) is 9.09. The second kappa shape index (κ2) is 14.1. The van der Waals surface area contributed by atoms with Crippen molar-refractivity contribution in [2.45, 2.75) is 53.4 Å². The molecule has 8 nitrogen and oxygen atoms in total. The normalized spacial score (nSPS) is 10.5. The molecule has 0 unspecified atom stereocenters. The lowest BCUT2D eigenvalue weighted by molar-refractivity contribution is -0.164. The molecule has 0 aliphatic rings. The maximum atomic E-state index is 11.9. The second-order valence-corrected chi connectivity index (χ2v) is 5.40. The summed E-state index contributed by atoms with van der Waals surface area (Å²) in [6.45, 7) is 7.30. The van der Waals surface area contributed by atoms with Crippen molar-refractivity contribution >= 4 is 23.9 Å². The highest BCUT2D eigenvalue weighted by atomic mass is 16.6. The van der Waals surface area contributed by atoms with Crippen molar-refractivity contribution in [1.82, 2.24) is 0 Å². The van der Waals surface area contributed by atoms with Crippen LogP contribution in [0.3, 0.4) is 0 Å². The summed E-state index contributed by atoms with van der Waals surface area (Å²) in [6.07, 6.45) is 1.32. The molecule has 0 amide bonds. The lowest BCUT2D eigenvalue weighted by Crippen LogP contribution is -2.29. The Hall–Kier alpha value is -2.12. The number of rotatable bonds is 13. The van der Waals surface area contributed by atoms with Gasteiger partial charge in [0.25, 0.3) is 0 Å². The Bertz CT molecular complexity index is 382. The molecule has 0 atom stereocenters. The average Bonchev–Trinajstić information content (AvgIpc) is 2.58. The molecule has 150 valence electrons. The van der Waals surface area contributed by atoms with E-state index in [2.05, 4.69) is 0 Å². The van der Waals surface area contributed by atoms with Crippen LogP contribution >= 0.6 is 0 Å². The zero-order valence-corrected chi connectivity index (χ0v) is 16.1. The highest BCUT2D eigenvalue weighted by molar-refractivity contribution is 5.95. The average molecular weight is 374 g/mol. The summed E-state index contributed by atoms with van der Waals surface area (Å²) in [5.74, 6) is -4.51. The fraction of sp³-hybridized carbons (Fsp3) is 0.778. The summed E-state index contributed by atoms with van der Waals surface area (Å²) >= 11 is 0. The molecule has 0 aliphatic heterocycles. The van der Waals surface area contributed by atoms with Gasteiger partial charge in [0.05, 0.1) is 26.4 Å². The predicted octanol–water partition coefficient (Wildman–Crippen LogP) is 2.03. The van der Waals surface area contributed by atoms with E-state index in [0.717, 1.165) is 0 Å². The van der Waals surface area contributed by atoms with Crippen molar-refractivity contribution in [2.24, 2.45) is 11.8 Å². The van der Waals surface area contributed by atoms with Gasteiger partial charge in [-0.25, -0.2) is 0 Å². The van der Waals surface area contributed by atoms with Crippen LogP contribution in [0.2, 0.25) is 0 Å². The van der Waals surface area contributed by atoms with Crippen molar-refractivity contribution < 1.29 is 38.1 Å². The van der Waals surface area contributed by atoms with Crippen molar-refractivity contribution in [1.29, 1.82) is 0 Å². The second-order valence-electron chi connectivity index (χ2n) is 5.40. The van der Waals surface area contributed by atoms with Crippen molar-refractivity contribution in [3.05, 3.63) is 0 Å². The largest absolute Gasteiger partial charge is 0.465 e. The number of carbonyl (C=O) groups excluding carboxylic acids is 4. The number of ether oxygens (including phenoxy) is 4. The van der Waals surface area contributed by atoms with Crippen molar-refractivity contribution in [3.63, 3.8) is 0 Å². The third-order valence-corrected chi connectivity index (χ3v) is 3.52. The molecule has 0 bridgehead atoms.